The van der Waals surface area contributed by atoms with Crippen LogP contribution in [0.3, 0.4) is 0 Å². The van der Waals surface area contributed by atoms with Crippen molar-refractivity contribution in [3.8, 4) is 16.9 Å². The Balaban J connectivity index is 1.43. The van der Waals surface area contributed by atoms with Crippen LogP contribution in [0.2, 0.25) is 0 Å². The topological polar surface area (TPSA) is 18.5 Å². The lowest BCUT2D eigenvalue weighted by molar-refractivity contribution is 0.131. The molecule has 1 fully saturated rings. The maximum Gasteiger partial charge on any atom is 0.200 e. The average molecular weight is 487 g/mol. The first-order chi connectivity index (χ1) is 16.9. The standard InChI is InChI=1S/C29H30F4O2/c1-3-34-17-22-12-13-23(27(31)26(22)30)21-10-6-19(7-11-21)16-35-25-15-14-24(28(32)29(25)33)20-8-4-18(2)5-9-20/h6-7,10-15,18,20H,3-5,8-9,16-17H2,1-2H3. The van der Waals surface area contributed by atoms with Gasteiger partial charge in [-0.05, 0) is 54.4 Å². The van der Waals surface area contributed by atoms with E-state index in [4.69, 9.17) is 9.47 Å². The van der Waals surface area contributed by atoms with Crippen LogP contribution >= 0.6 is 0 Å². The van der Waals surface area contributed by atoms with Crippen molar-refractivity contribution in [2.75, 3.05) is 6.61 Å². The average Bonchev–Trinajstić information content (AvgIpc) is 2.87. The van der Waals surface area contributed by atoms with Gasteiger partial charge in [0.1, 0.15) is 6.61 Å². The fourth-order valence-electron chi connectivity index (χ4n) is 4.62. The largest absolute Gasteiger partial charge is 0.486 e. The van der Waals surface area contributed by atoms with E-state index in [2.05, 4.69) is 6.92 Å². The minimum atomic E-state index is -0.970. The third-order valence-corrected chi connectivity index (χ3v) is 6.82. The summed E-state index contributed by atoms with van der Waals surface area (Å²) in [5.41, 5.74) is 1.91. The molecular weight excluding hydrogens is 456 g/mol. The van der Waals surface area contributed by atoms with Crippen LogP contribution in [0, 0.1) is 29.2 Å². The van der Waals surface area contributed by atoms with E-state index in [0.29, 0.717) is 29.2 Å². The van der Waals surface area contributed by atoms with Crippen molar-refractivity contribution in [3.05, 3.63) is 88.5 Å². The van der Waals surface area contributed by atoms with Gasteiger partial charge in [0.05, 0.1) is 6.61 Å². The SMILES string of the molecule is CCOCc1ccc(-c2ccc(COc3ccc(C4CCC(C)CC4)c(F)c3F)cc2)c(F)c1F. The second-order valence-corrected chi connectivity index (χ2v) is 9.26. The number of benzene rings is 3. The zero-order valence-corrected chi connectivity index (χ0v) is 20.1. The van der Waals surface area contributed by atoms with E-state index in [9.17, 15) is 17.6 Å². The molecule has 0 saturated heterocycles. The molecule has 35 heavy (non-hydrogen) atoms. The predicted octanol–water partition coefficient (Wildman–Crippen LogP) is 8.32. The molecule has 6 heteroatoms. The summed E-state index contributed by atoms with van der Waals surface area (Å²) >= 11 is 0. The van der Waals surface area contributed by atoms with Gasteiger partial charge in [0.2, 0.25) is 5.82 Å². The molecule has 0 N–H and O–H groups in total. The maximum atomic E-state index is 14.7. The number of rotatable bonds is 8. The smallest absolute Gasteiger partial charge is 0.200 e. The van der Waals surface area contributed by atoms with Gasteiger partial charge in [-0.15, -0.1) is 0 Å². The summed E-state index contributed by atoms with van der Waals surface area (Å²) in [5, 5.41) is 0. The Morgan fingerprint density at radius 2 is 1.46 bits per heavy atom. The summed E-state index contributed by atoms with van der Waals surface area (Å²) in [6.07, 6.45) is 3.77. The first-order valence-electron chi connectivity index (χ1n) is 12.1. The Labute approximate surface area is 203 Å². The van der Waals surface area contributed by atoms with Crippen molar-refractivity contribution in [3.63, 3.8) is 0 Å². The molecule has 1 aliphatic carbocycles. The zero-order chi connectivity index (χ0) is 24.9. The fourth-order valence-corrected chi connectivity index (χ4v) is 4.62. The molecular formula is C29H30F4O2. The Bertz CT molecular complexity index is 1150. The number of halogens is 4. The van der Waals surface area contributed by atoms with Gasteiger partial charge in [-0.25, -0.2) is 13.2 Å². The van der Waals surface area contributed by atoms with Gasteiger partial charge in [-0.3, -0.25) is 0 Å². The van der Waals surface area contributed by atoms with Gasteiger partial charge >= 0.3 is 0 Å². The van der Waals surface area contributed by atoms with Crippen molar-refractivity contribution in [2.45, 2.75) is 58.7 Å². The van der Waals surface area contributed by atoms with Crippen LogP contribution in [0.1, 0.15) is 62.1 Å². The van der Waals surface area contributed by atoms with Crippen LogP contribution in [0.5, 0.6) is 5.75 Å². The van der Waals surface area contributed by atoms with E-state index < -0.39 is 23.3 Å². The van der Waals surface area contributed by atoms with Gasteiger partial charge < -0.3 is 9.47 Å². The minimum Gasteiger partial charge on any atom is -0.486 e. The van der Waals surface area contributed by atoms with Crippen LogP contribution in [0.4, 0.5) is 17.6 Å². The summed E-state index contributed by atoms with van der Waals surface area (Å²) in [7, 11) is 0. The highest BCUT2D eigenvalue weighted by atomic mass is 19.2. The lowest BCUT2D eigenvalue weighted by Crippen LogP contribution is -2.13. The van der Waals surface area contributed by atoms with E-state index in [1.165, 1.54) is 18.2 Å². The molecule has 3 aromatic carbocycles. The summed E-state index contributed by atoms with van der Waals surface area (Å²) in [6, 6.07) is 12.8. The molecule has 0 radical (unpaired) electrons. The van der Waals surface area contributed by atoms with Crippen molar-refractivity contribution in [1.29, 1.82) is 0 Å². The Morgan fingerprint density at radius 1 is 0.743 bits per heavy atom. The molecule has 0 spiro atoms. The third kappa shape index (κ3) is 5.69. The van der Waals surface area contributed by atoms with E-state index in [0.717, 1.165) is 25.7 Å². The van der Waals surface area contributed by atoms with Crippen molar-refractivity contribution >= 4 is 0 Å². The summed E-state index contributed by atoms with van der Waals surface area (Å²) < 4.78 is 69.1. The van der Waals surface area contributed by atoms with Crippen LogP contribution in [-0.2, 0) is 18.0 Å². The van der Waals surface area contributed by atoms with Gasteiger partial charge in [-0.2, -0.15) is 4.39 Å². The Hall–Kier alpha value is -2.86. The molecule has 2 nitrogen and oxygen atoms in total. The summed E-state index contributed by atoms with van der Waals surface area (Å²) in [4.78, 5) is 0. The number of hydrogen-bond donors (Lipinski definition) is 0. The molecule has 0 heterocycles. The molecule has 1 aliphatic rings. The maximum absolute atomic E-state index is 14.7. The molecule has 186 valence electrons. The molecule has 1 saturated carbocycles. The van der Waals surface area contributed by atoms with Gasteiger partial charge in [0.15, 0.2) is 23.2 Å². The predicted molar refractivity (Wildman–Crippen MR) is 128 cm³/mol. The lowest BCUT2D eigenvalue weighted by atomic mass is 9.79. The first-order valence-corrected chi connectivity index (χ1v) is 12.1. The van der Waals surface area contributed by atoms with Crippen LogP contribution in [0.25, 0.3) is 11.1 Å². The highest BCUT2D eigenvalue weighted by Gasteiger charge is 2.25. The van der Waals surface area contributed by atoms with Gasteiger partial charge in [-0.1, -0.05) is 62.2 Å². The third-order valence-electron chi connectivity index (χ3n) is 6.82. The Kier molecular flexibility index (Phi) is 8.11. The first kappa shape index (κ1) is 25.2. The molecule has 0 aromatic heterocycles. The highest BCUT2D eigenvalue weighted by Crippen LogP contribution is 2.38. The number of ether oxygens (including phenoxy) is 2. The van der Waals surface area contributed by atoms with E-state index >= 15 is 0 Å². The normalized spacial score (nSPS) is 18.0. The molecule has 4 rings (SSSR count). The van der Waals surface area contributed by atoms with Crippen molar-refractivity contribution in [2.24, 2.45) is 5.92 Å². The summed E-state index contributed by atoms with van der Waals surface area (Å²) in [5.74, 6) is -3.13. The number of hydrogen-bond acceptors (Lipinski definition) is 2. The van der Waals surface area contributed by atoms with E-state index in [1.807, 2.05) is 0 Å². The fraction of sp³-hybridized carbons (Fsp3) is 0.379. The molecule has 0 atom stereocenters. The second kappa shape index (κ2) is 11.3. The molecule has 0 unspecified atom stereocenters. The van der Waals surface area contributed by atoms with Crippen molar-refractivity contribution in [1.82, 2.24) is 0 Å². The molecule has 3 aromatic rings. The van der Waals surface area contributed by atoms with Gasteiger partial charge in [0, 0.05) is 17.7 Å². The molecule has 0 aliphatic heterocycles. The van der Waals surface area contributed by atoms with E-state index in [1.54, 1.807) is 37.3 Å². The molecule has 0 bridgehead atoms. The van der Waals surface area contributed by atoms with Crippen LogP contribution in [0.15, 0.2) is 48.5 Å². The minimum absolute atomic E-state index is 0.00774. The van der Waals surface area contributed by atoms with E-state index in [-0.39, 0.29) is 36.0 Å². The second-order valence-electron chi connectivity index (χ2n) is 9.26. The van der Waals surface area contributed by atoms with Crippen LogP contribution in [-0.4, -0.2) is 6.61 Å². The Morgan fingerprint density at radius 3 is 2.14 bits per heavy atom. The monoisotopic (exact) mass is 486 g/mol. The quantitative estimate of drug-likeness (QED) is 0.298. The lowest BCUT2D eigenvalue weighted by Gasteiger charge is -2.27. The van der Waals surface area contributed by atoms with Crippen LogP contribution < -0.4 is 4.74 Å². The van der Waals surface area contributed by atoms with Gasteiger partial charge in [0.25, 0.3) is 0 Å². The van der Waals surface area contributed by atoms with Crippen molar-refractivity contribution < 1.29 is 27.0 Å². The highest BCUT2D eigenvalue weighted by molar-refractivity contribution is 5.65. The molecule has 0 amide bonds. The zero-order valence-electron chi connectivity index (χ0n) is 20.1. The summed E-state index contributed by atoms with van der Waals surface area (Å²) in [6.45, 7) is 4.40.